The summed E-state index contributed by atoms with van der Waals surface area (Å²) in [5.74, 6) is 0. The third-order valence-electron chi connectivity index (χ3n) is 3.62. The Morgan fingerprint density at radius 3 is 2.67 bits per heavy atom. The van der Waals surface area contributed by atoms with Crippen LogP contribution in [0.25, 0.3) is 0 Å². The van der Waals surface area contributed by atoms with Crippen molar-refractivity contribution in [2.24, 2.45) is 0 Å². The zero-order valence-corrected chi connectivity index (χ0v) is 13.4. The molecule has 7 heteroatoms. The number of aryl methyl sites for hydroxylation is 3. The molecule has 0 saturated heterocycles. The van der Waals surface area contributed by atoms with Crippen molar-refractivity contribution in [2.45, 2.75) is 43.9 Å². The van der Waals surface area contributed by atoms with Gasteiger partial charge in [-0.15, -0.1) is 10.2 Å². The van der Waals surface area contributed by atoms with Crippen LogP contribution in [0.5, 0.6) is 0 Å². The summed E-state index contributed by atoms with van der Waals surface area (Å²) >= 11 is 1.27. The molecule has 2 aromatic rings. The summed E-state index contributed by atoms with van der Waals surface area (Å²) in [6.07, 6.45) is 5.05. The minimum atomic E-state index is -3.58. The largest absolute Gasteiger partial charge is 0.263 e. The van der Waals surface area contributed by atoms with Crippen molar-refractivity contribution < 1.29 is 8.42 Å². The SMILES string of the molecule is CCc1nnc(NS(=O)(=O)c2ccc3c(c2)CCCC3)s1. The summed E-state index contributed by atoms with van der Waals surface area (Å²) in [7, 11) is -3.58. The number of hydrogen-bond acceptors (Lipinski definition) is 5. The van der Waals surface area contributed by atoms with Gasteiger partial charge in [-0.25, -0.2) is 8.42 Å². The van der Waals surface area contributed by atoms with Crippen LogP contribution in [0.2, 0.25) is 0 Å². The zero-order valence-electron chi connectivity index (χ0n) is 11.8. The fourth-order valence-corrected chi connectivity index (χ4v) is 4.45. The minimum Gasteiger partial charge on any atom is -0.253 e. The number of sulfonamides is 1. The fraction of sp³-hybridized carbons (Fsp3) is 0.429. The molecule has 1 aromatic heterocycles. The predicted molar refractivity (Wildman–Crippen MR) is 83.2 cm³/mol. The Kier molecular flexibility index (Phi) is 3.95. The van der Waals surface area contributed by atoms with Gasteiger partial charge in [0, 0.05) is 0 Å². The molecule has 1 aliphatic carbocycles. The summed E-state index contributed by atoms with van der Waals surface area (Å²) in [4.78, 5) is 0.302. The third-order valence-corrected chi connectivity index (χ3v) is 6.07. The first-order chi connectivity index (χ1) is 10.1. The minimum absolute atomic E-state index is 0.302. The summed E-state index contributed by atoms with van der Waals surface area (Å²) in [6.45, 7) is 1.96. The number of fused-ring (bicyclic) bond motifs is 1. The van der Waals surface area contributed by atoms with Crippen LogP contribution >= 0.6 is 11.3 Å². The quantitative estimate of drug-likeness (QED) is 0.939. The molecule has 0 aliphatic heterocycles. The van der Waals surface area contributed by atoms with E-state index in [1.54, 1.807) is 12.1 Å². The average molecular weight is 323 g/mol. The second kappa shape index (κ2) is 5.73. The first kappa shape index (κ1) is 14.5. The molecule has 0 fully saturated rings. The van der Waals surface area contributed by atoms with E-state index < -0.39 is 10.0 Å². The Morgan fingerprint density at radius 2 is 1.95 bits per heavy atom. The van der Waals surface area contributed by atoms with E-state index in [0.29, 0.717) is 10.0 Å². The summed E-state index contributed by atoms with van der Waals surface area (Å²) < 4.78 is 27.3. The van der Waals surface area contributed by atoms with Crippen molar-refractivity contribution in [3.8, 4) is 0 Å². The van der Waals surface area contributed by atoms with Crippen molar-refractivity contribution in [3.63, 3.8) is 0 Å². The molecule has 0 saturated carbocycles. The van der Waals surface area contributed by atoms with Gasteiger partial charge in [-0.2, -0.15) is 0 Å². The smallest absolute Gasteiger partial charge is 0.253 e. The van der Waals surface area contributed by atoms with E-state index in [9.17, 15) is 8.42 Å². The van der Waals surface area contributed by atoms with Gasteiger partial charge < -0.3 is 0 Å². The van der Waals surface area contributed by atoms with Gasteiger partial charge in [-0.3, -0.25) is 4.72 Å². The molecule has 21 heavy (non-hydrogen) atoms. The number of benzene rings is 1. The summed E-state index contributed by atoms with van der Waals surface area (Å²) in [5.41, 5.74) is 2.42. The molecule has 1 aliphatic rings. The lowest BCUT2D eigenvalue weighted by Crippen LogP contribution is -2.14. The lowest BCUT2D eigenvalue weighted by atomic mass is 9.92. The van der Waals surface area contributed by atoms with E-state index in [2.05, 4.69) is 14.9 Å². The topological polar surface area (TPSA) is 72.0 Å². The van der Waals surface area contributed by atoms with Crippen LogP contribution in [0.1, 0.15) is 35.9 Å². The molecule has 0 spiro atoms. The maximum atomic E-state index is 12.4. The number of rotatable bonds is 4. The normalized spacial score (nSPS) is 14.7. The number of anilines is 1. The van der Waals surface area contributed by atoms with Gasteiger partial charge in [0.05, 0.1) is 4.90 Å². The lowest BCUT2D eigenvalue weighted by Gasteiger charge is -2.16. The molecule has 0 amide bonds. The standard InChI is InChI=1S/C14H17N3O2S2/c1-2-13-15-16-14(20-13)17-21(18,19)12-8-7-10-5-3-4-6-11(10)9-12/h7-9H,2-6H2,1H3,(H,16,17). The van der Waals surface area contributed by atoms with Gasteiger partial charge in [0.2, 0.25) is 5.13 Å². The second-order valence-corrected chi connectivity index (χ2v) is 7.84. The van der Waals surface area contributed by atoms with Crippen LogP contribution in [0.15, 0.2) is 23.1 Å². The van der Waals surface area contributed by atoms with Crippen LogP contribution < -0.4 is 4.72 Å². The summed E-state index contributed by atoms with van der Waals surface area (Å²) in [6, 6.07) is 5.40. The first-order valence-corrected chi connectivity index (χ1v) is 9.35. The Morgan fingerprint density at radius 1 is 1.19 bits per heavy atom. The molecular formula is C14H17N3O2S2. The highest BCUT2D eigenvalue weighted by atomic mass is 32.2. The van der Waals surface area contributed by atoms with E-state index in [4.69, 9.17) is 0 Å². The van der Waals surface area contributed by atoms with Crippen LogP contribution in [0.3, 0.4) is 0 Å². The van der Waals surface area contributed by atoms with E-state index in [-0.39, 0.29) is 0 Å². The number of aromatic nitrogens is 2. The number of nitrogens with one attached hydrogen (secondary N) is 1. The molecule has 0 bridgehead atoms. The third kappa shape index (κ3) is 3.08. The van der Waals surface area contributed by atoms with Gasteiger partial charge in [0.1, 0.15) is 5.01 Å². The second-order valence-electron chi connectivity index (χ2n) is 5.10. The monoisotopic (exact) mass is 323 g/mol. The molecular weight excluding hydrogens is 306 g/mol. The highest BCUT2D eigenvalue weighted by Crippen LogP contribution is 2.26. The molecule has 0 radical (unpaired) electrons. The molecule has 1 N–H and O–H groups in total. The van der Waals surface area contributed by atoms with Crippen LogP contribution in [0, 0.1) is 0 Å². The van der Waals surface area contributed by atoms with Gasteiger partial charge in [0.15, 0.2) is 0 Å². The molecule has 5 nitrogen and oxygen atoms in total. The van der Waals surface area contributed by atoms with Crippen molar-refractivity contribution in [1.29, 1.82) is 0 Å². The Bertz CT molecular complexity index is 753. The maximum Gasteiger partial charge on any atom is 0.263 e. The Hall–Kier alpha value is -1.47. The highest BCUT2D eigenvalue weighted by Gasteiger charge is 2.19. The van der Waals surface area contributed by atoms with Crippen molar-refractivity contribution in [3.05, 3.63) is 34.3 Å². The lowest BCUT2D eigenvalue weighted by molar-refractivity contribution is 0.600. The van der Waals surface area contributed by atoms with E-state index >= 15 is 0 Å². The van der Waals surface area contributed by atoms with Crippen LogP contribution in [0.4, 0.5) is 5.13 Å². The zero-order chi connectivity index (χ0) is 14.9. The van der Waals surface area contributed by atoms with Gasteiger partial charge in [-0.1, -0.05) is 24.3 Å². The molecule has 0 unspecified atom stereocenters. The predicted octanol–water partition coefficient (Wildman–Crippen LogP) is 2.78. The summed E-state index contributed by atoms with van der Waals surface area (Å²) in [5, 5.41) is 8.93. The molecule has 1 aromatic carbocycles. The molecule has 0 atom stereocenters. The number of nitrogens with zero attached hydrogens (tertiary/aromatic N) is 2. The number of hydrogen-bond donors (Lipinski definition) is 1. The van der Waals surface area contributed by atoms with Crippen molar-refractivity contribution >= 4 is 26.5 Å². The van der Waals surface area contributed by atoms with Gasteiger partial charge in [0.25, 0.3) is 10.0 Å². The van der Waals surface area contributed by atoms with Gasteiger partial charge in [-0.05, 0) is 55.4 Å². The van der Waals surface area contributed by atoms with Crippen LogP contribution in [-0.2, 0) is 29.3 Å². The van der Waals surface area contributed by atoms with E-state index in [0.717, 1.165) is 36.3 Å². The van der Waals surface area contributed by atoms with E-state index in [1.807, 2.05) is 13.0 Å². The average Bonchev–Trinajstić information content (AvgIpc) is 2.93. The molecule has 112 valence electrons. The highest BCUT2D eigenvalue weighted by molar-refractivity contribution is 7.93. The molecule has 1 heterocycles. The fourth-order valence-electron chi connectivity index (χ4n) is 2.49. The van der Waals surface area contributed by atoms with Gasteiger partial charge >= 0.3 is 0 Å². The van der Waals surface area contributed by atoms with Crippen molar-refractivity contribution in [2.75, 3.05) is 4.72 Å². The van der Waals surface area contributed by atoms with Crippen LogP contribution in [-0.4, -0.2) is 18.6 Å². The Labute approximate surface area is 128 Å². The van der Waals surface area contributed by atoms with Crippen molar-refractivity contribution in [1.82, 2.24) is 10.2 Å². The van der Waals surface area contributed by atoms with E-state index in [1.165, 1.54) is 23.3 Å². The maximum absolute atomic E-state index is 12.4. The molecule has 3 rings (SSSR count). The Balaban J connectivity index is 1.87. The first-order valence-electron chi connectivity index (χ1n) is 7.05.